The molecule has 8 heteroatoms. The maximum atomic E-state index is 13.3. The Morgan fingerprint density at radius 1 is 1.19 bits per heavy atom. The molecule has 2 aliphatic rings. The molecule has 1 saturated heterocycles. The first-order chi connectivity index (χ1) is 15.7. The van der Waals surface area contributed by atoms with Crippen molar-refractivity contribution < 1.29 is 18.8 Å². The van der Waals surface area contributed by atoms with Crippen LogP contribution in [0.1, 0.15) is 47.6 Å². The van der Waals surface area contributed by atoms with Gasteiger partial charge in [-0.25, -0.2) is 4.79 Å². The van der Waals surface area contributed by atoms with Crippen LogP contribution in [0, 0.1) is 0 Å². The number of carbonyl (C=O) groups excluding carboxylic acids is 1. The third-order valence-electron chi connectivity index (χ3n) is 6.10. The predicted molar refractivity (Wildman–Crippen MR) is 118 cm³/mol. The molecule has 0 spiro atoms. The van der Waals surface area contributed by atoms with Crippen molar-refractivity contribution in [1.82, 2.24) is 15.5 Å². The lowest BCUT2D eigenvalue weighted by Crippen LogP contribution is -2.40. The molecule has 2 amide bonds. The van der Waals surface area contributed by atoms with Crippen molar-refractivity contribution in [2.75, 3.05) is 25.2 Å². The highest BCUT2D eigenvalue weighted by Gasteiger charge is 2.38. The number of amides is 2. The second-order valence-corrected chi connectivity index (χ2v) is 8.11. The molecule has 1 aromatic heterocycles. The average Bonchev–Trinajstić information content (AvgIpc) is 3.48. The Kier molecular flexibility index (Phi) is 5.77. The molecule has 2 aliphatic heterocycles. The molecule has 3 aromatic rings. The molecule has 1 fully saturated rings. The van der Waals surface area contributed by atoms with Gasteiger partial charge in [0, 0.05) is 37.8 Å². The lowest BCUT2D eigenvalue weighted by atomic mass is 10.0. The van der Waals surface area contributed by atoms with E-state index in [2.05, 4.69) is 10.5 Å². The number of aromatic nitrogens is 2. The van der Waals surface area contributed by atoms with Gasteiger partial charge in [-0.15, -0.1) is 0 Å². The van der Waals surface area contributed by atoms with Crippen LogP contribution in [0.2, 0.25) is 0 Å². The minimum absolute atomic E-state index is 0.194. The largest absolute Gasteiger partial charge is 0.497 e. The fraction of sp³-hybridized carbons (Fsp3) is 0.375. The predicted octanol–water partition coefficient (Wildman–Crippen LogP) is 3.99. The summed E-state index contributed by atoms with van der Waals surface area (Å²) in [5.74, 6) is 2.15. The average molecular weight is 434 g/mol. The van der Waals surface area contributed by atoms with Crippen LogP contribution in [-0.4, -0.2) is 36.5 Å². The lowest BCUT2D eigenvalue weighted by Gasteiger charge is -2.24. The zero-order valence-corrected chi connectivity index (χ0v) is 18.0. The summed E-state index contributed by atoms with van der Waals surface area (Å²) in [4.78, 5) is 19.8. The van der Waals surface area contributed by atoms with Crippen LogP contribution in [0.3, 0.4) is 0 Å². The van der Waals surface area contributed by atoms with E-state index in [1.165, 1.54) is 0 Å². The van der Waals surface area contributed by atoms with Crippen molar-refractivity contribution in [3.05, 3.63) is 71.4 Å². The van der Waals surface area contributed by atoms with Gasteiger partial charge < -0.3 is 19.3 Å². The smallest absolute Gasteiger partial charge is 0.322 e. The van der Waals surface area contributed by atoms with Crippen molar-refractivity contribution in [2.45, 2.75) is 37.8 Å². The van der Waals surface area contributed by atoms with Gasteiger partial charge in [0.25, 0.3) is 0 Å². The molecule has 5 rings (SSSR count). The summed E-state index contributed by atoms with van der Waals surface area (Å²) in [5, 5.41) is 7.30. The van der Waals surface area contributed by atoms with E-state index in [-0.39, 0.29) is 18.0 Å². The molecule has 1 N–H and O–H groups in total. The molecule has 32 heavy (non-hydrogen) atoms. The molecule has 0 aliphatic carbocycles. The molecular formula is C24H26N4O4. The van der Waals surface area contributed by atoms with Crippen LogP contribution in [0.25, 0.3) is 0 Å². The molecule has 0 radical (unpaired) electrons. The number of urea groups is 1. The van der Waals surface area contributed by atoms with Gasteiger partial charge in [-0.1, -0.05) is 35.5 Å². The Labute approximate surface area is 186 Å². The van der Waals surface area contributed by atoms with Crippen LogP contribution in [0.4, 0.5) is 10.5 Å². The van der Waals surface area contributed by atoms with E-state index in [1.54, 1.807) is 12.0 Å². The SMILES string of the molecule is COc1cccc(CNC(=O)N2c3ccccc3CC2c2noc(C3CCOCC3)n2)c1. The highest BCUT2D eigenvalue weighted by atomic mass is 16.5. The first-order valence-corrected chi connectivity index (χ1v) is 10.9. The maximum Gasteiger partial charge on any atom is 0.322 e. The summed E-state index contributed by atoms with van der Waals surface area (Å²) in [6.45, 7) is 1.80. The van der Waals surface area contributed by atoms with Crippen LogP contribution < -0.4 is 15.0 Å². The monoisotopic (exact) mass is 434 g/mol. The normalized spacial score (nSPS) is 18.4. The number of hydrogen-bond donors (Lipinski definition) is 1. The minimum Gasteiger partial charge on any atom is -0.497 e. The van der Waals surface area contributed by atoms with Crippen molar-refractivity contribution >= 4 is 11.7 Å². The first kappa shape index (κ1) is 20.5. The van der Waals surface area contributed by atoms with E-state index in [0.29, 0.717) is 37.9 Å². The number of rotatable bonds is 5. The molecule has 166 valence electrons. The number of ether oxygens (including phenoxy) is 2. The Morgan fingerprint density at radius 3 is 2.88 bits per heavy atom. The van der Waals surface area contributed by atoms with E-state index in [9.17, 15) is 4.79 Å². The minimum atomic E-state index is -0.310. The van der Waals surface area contributed by atoms with Gasteiger partial charge in [0.15, 0.2) is 5.82 Å². The molecule has 1 unspecified atom stereocenters. The number of fused-ring (bicyclic) bond motifs is 1. The standard InChI is InChI=1S/C24H26N4O4/c1-30-19-7-4-5-16(13-19)15-25-24(29)28-20-8-3-2-6-18(20)14-21(28)22-26-23(32-27-22)17-9-11-31-12-10-17/h2-8,13,17,21H,9-12,14-15H2,1H3,(H,25,29). The maximum absolute atomic E-state index is 13.3. The fourth-order valence-electron chi connectivity index (χ4n) is 4.38. The van der Waals surface area contributed by atoms with Gasteiger partial charge in [-0.05, 0) is 42.2 Å². The second-order valence-electron chi connectivity index (χ2n) is 8.11. The summed E-state index contributed by atoms with van der Waals surface area (Å²) in [7, 11) is 1.63. The van der Waals surface area contributed by atoms with E-state index in [0.717, 1.165) is 35.4 Å². The molecule has 8 nitrogen and oxygen atoms in total. The summed E-state index contributed by atoms with van der Waals surface area (Å²) in [6, 6.07) is 15.1. The fourth-order valence-corrected chi connectivity index (χ4v) is 4.38. The van der Waals surface area contributed by atoms with Gasteiger partial charge in [0.05, 0.1) is 7.11 Å². The lowest BCUT2D eigenvalue weighted by molar-refractivity contribution is 0.0778. The van der Waals surface area contributed by atoms with Crippen LogP contribution in [0.15, 0.2) is 53.1 Å². The Hall–Kier alpha value is -3.39. The number of anilines is 1. The number of methoxy groups -OCH3 is 1. The van der Waals surface area contributed by atoms with Crippen molar-refractivity contribution in [3.8, 4) is 5.75 Å². The molecular weight excluding hydrogens is 408 g/mol. The summed E-state index contributed by atoms with van der Waals surface area (Å²) in [5.41, 5.74) is 2.92. The number of nitrogens with one attached hydrogen (secondary N) is 1. The Morgan fingerprint density at radius 2 is 2.03 bits per heavy atom. The number of carbonyl (C=O) groups is 1. The topological polar surface area (TPSA) is 89.7 Å². The number of para-hydroxylation sites is 1. The van der Waals surface area contributed by atoms with Gasteiger partial charge >= 0.3 is 6.03 Å². The second kappa shape index (κ2) is 9.00. The van der Waals surface area contributed by atoms with Crippen molar-refractivity contribution in [1.29, 1.82) is 0 Å². The van der Waals surface area contributed by atoms with Gasteiger partial charge in [-0.2, -0.15) is 4.98 Å². The molecule has 2 aromatic carbocycles. The zero-order valence-electron chi connectivity index (χ0n) is 18.0. The molecule has 0 bridgehead atoms. The third kappa shape index (κ3) is 4.05. The first-order valence-electron chi connectivity index (χ1n) is 10.9. The van der Waals surface area contributed by atoms with Crippen molar-refractivity contribution in [3.63, 3.8) is 0 Å². The highest BCUT2D eigenvalue weighted by molar-refractivity contribution is 5.95. The van der Waals surface area contributed by atoms with Gasteiger partial charge in [0.2, 0.25) is 5.89 Å². The number of nitrogens with zero attached hydrogens (tertiary/aromatic N) is 3. The molecule has 0 saturated carbocycles. The van der Waals surface area contributed by atoms with E-state index in [1.807, 2.05) is 48.5 Å². The van der Waals surface area contributed by atoms with E-state index in [4.69, 9.17) is 19.0 Å². The summed E-state index contributed by atoms with van der Waals surface area (Å²) in [6.07, 6.45) is 2.39. The summed E-state index contributed by atoms with van der Waals surface area (Å²) < 4.78 is 16.3. The zero-order chi connectivity index (χ0) is 21.9. The summed E-state index contributed by atoms with van der Waals surface area (Å²) >= 11 is 0. The quantitative estimate of drug-likeness (QED) is 0.653. The number of hydrogen-bond acceptors (Lipinski definition) is 6. The molecule has 3 heterocycles. The van der Waals surface area contributed by atoms with Crippen LogP contribution >= 0.6 is 0 Å². The van der Waals surface area contributed by atoms with E-state index >= 15 is 0 Å². The number of benzene rings is 2. The molecule has 1 atom stereocenters. The van der Waals surface area contributed by atoms with Gasteiger partial charge in [0.1, 0.15) is 11.8 Å². The van der Waals surface area contributed by atoms with Crippen LogP contribution in [0.5, 0.6) is 5.75 Å². The Balaban J connectivity index is 1.36. The highest BCUT2D eigenvalue weighted by Crippen LogP contribution is 2.40. The van der Waals surface area contributed by atoms with Gasteiger partial charge in [-0.3, -0.25) is 4.90 Å². The Bertz CT molecular complexity index is 1090. The van der Waals surface area contributed by atoms with E-state index < -0.39 is 0 Å². The third-order valence-corrected chi connectivity index (χ3v) is 6.10. The van der Waals surface area contributed by atoms with Crippen molar-refractivity contribution in [2.24, 2.45) is 0 Å². The van der Waals surface area contributed by atoms with Crippen LogP contribution in [-0.2, 0) is 17.7 Å².